The molecule has 1 fully saturated rings. The molecule has 1 aliphatic carbocycles. The van der Waals surface area contributed by atoms with Crippen LogP contribution < -0.4 is 0 Å². The van der Waals surface area contributed by atoms with E-state index in [0.29, 0.717) is 17.9 Å². The van der Waals surface area contributed by atoms with Crippen molar-refractivity contribution in [3.63, 3.8) is 0 Å². The predicted molar refractivity (Wildman–Crippen MR) is 56.9 cm³/mol. The first-order chi connectivity index (χ1) is 6.56. The highest BCUT2D eigenvalue weighted by atomic mass is 16.5. The molecular weight excluding hydrogens is 176 g/mol. The fourth-order valence-electron chi connectivity index (χ4n) is 1.94. The van der Waals surface area contributed by atoms with Crippen LogP contribution in [-0.2, 0) is 9.53 Å². The number of hydrogen-bond donors (Lipinski definition) is 0. The molecular formula is C12H20O2. The molecule has 0 radical (unpaired) electrons. The van der Waals surface area contributed by atoms with Gasteiger partial charge in [0.05, 0.1) is 6.61 Å². The van der Waals surface area contributed by atoms with Gasteiger partial charge in [0.2, 0.25) is 0 Å². The van der Waals surface area contributed by atoms with Gasteiger partial charge in [0.1, 0.15) is 0 Å². The average molecular weight is 196 g/mol. The maximum atomic E-state index is 10.6. The molecule has 14 heavy (non-hydrogen) atoms. The second-order valence-corrected chi connectivity index (χ2v) is 4.60. The summed E-state index contributed by atoms with van der Waals surface area (Å²) in [7, 11) is 0. The van der Waals surface area contributed by atoms with Crippen LogP contribution in [0.4, 0.5) is 0 Å². The molecule has 0 aromatic heterocycles. The molecule has 0 N–H and O–H groups in total. The zero-order valence-corrected chi connectivity index (χ0v) is 9.21. The lowest BCUT2D eigenvalue weighted by atomic mass is 9.72. The minimum absolute atomic E-state index is 0.165. The minimum atomic E-state index is -0.165. The molecule has 0 heterocycles. The summed E-state index contributed by atoms with van der Waals surface area (Å²) in [6, 6.07) is 0. The summed E-state index contributed by atoms with van der Waals surface area (Å²) in [4.78, 5) is 10.6. The van der Waals surface area contributed by atoms with Crippen molar-refractivity contribution in [1.82, 2.24) is 0 Å². The SMILES string of the molecule is C=CC1(C)CCC(COC(C)=O)CC1. The van der Waals surface area contributed by atoms with Gasteiger partial charge in [-0.15, -0.1) is 6.58 Å². The lowest BCUT2D eigenvalue weighted by Gasteiger charge is -2.34. The number of esters is 1. The standard InChI is InChI=1S/C12H20O2/c1-4-12(3)7-5-11(6-8-12)9-14-10(2)13/h4,11H,1,5-9H2,2-3H3. The van der Waals surface area contributed by atoms with Crippen molar-refractivity contribution in [1.29, 1.82) is 0 Å². The summed E-state index contributed by atoms with van der Waals surface area (Å²) in [5.41, 5.74) is 0.312. The van der Waals surface area contributed by atoms with Crippen LogP contribution in [0.5, 0.6) is 0 Å². The average Bonchev–Trinajstić information content (AvgIpc) is 2.17. The van der Waals surface area contributed by atoms with Crippen molar-refractivity contribution < 1.29 is 9.53 Å². The van der Waals surface area contributed by atoms with Gasteiger partial charge in [0.25, 0.3) is 0 Å². The Hall–Kier alpha value is -0.790. The van der Waals surface area contributed by atoms with Crippen LogP contribution in [0.2, 0.25) is 0 Å². The van der Waals surface area contributed by atoms with Gasteiger partial charge in [-0.3, -0.25) is 4.79 Å². The molecule has 0 atom stereocenters. The maximum Gasteiger partial charge on any atom is 0.302 e. The van der Waals surface area contributed by atoms with E-state index < -0.39 is 0 Å². The fraction of sp³-hybridized carbons (Fsp3) is 0.750. The molecule has 80 valence electrons. The zero-order chi connectivity index (χ0) is 10.6. The van der Waals surface area contributed by atoms with Crippen LogP contribution in [0.25, 0.3) is 0 Å². The van der Waals surface area contributed by atoms with E-state index in [1.807, 2.05) is 0 Å². The van der Waals surface area contributed by atoms with Gasteiger partial charge in [-0.1, -0.05) is 13.0 Å². The number of hydrogen-bond acceptors (Lipinski definition) is 2. The summed E-state index contributed by atoms with van der Waals surface area (Å²) < 4.78 is 5.02. The number of ether oxygens (including phenoxy) is 1. The van der Waals surface area contributed by atoms with E-state index in [9.17, 15) is 4.79 Å². The van der Waals surface area contributed by atoms with Crippen LogP contribution in [0.15, 0.2) is 12.7 Å². The Bertz CT molecular complexity index is 212. The molecule has 0 unspecified atom stereocenters. The van der Waals surface area contributed by atoms with E-state index in [4.69, 9.17) is 4.74 Å². The van der Waals surface area contributed by atoms with Crippen molar-refractivity contribution >= 4 is 5.97 Å². The lowest BCUT2D eigenvalue weighted by Crippen LogP contribution is -2.25. The van der Waals surface area contributed by atoms with Gasteiger partial charge in [-0.2, -0.15) is 0 Å². The van der Waals surface area contributed by atoms with E-state index >= 15 is 0 Å². The first-order valence-electron chi connectivity index (χ1n) is 5.33. The molecule has 0 saturated heterocycles. The summed E-state index contributed by atoms with van der Waals surface area (Å²) >= 11 is 0. The van der Waals surface area contributed by atoms with Crippen molar-refractivity contribution in [2.45, 2.75) is 39.5 Å². The van der Waals surface area contributed by atoms with Crippen LogP contribution in [0.1, 0.15) is 39.5 Å². The minimum Gasteiger partial charge on any atom is -0.466 e. The van der Waals surface area contributed by atoms with Crippen molar-refractivity contribution in [2.24, 2.45) is 11.3 Å². The molecule has 0 aromatic carbocycles. The van der Waals surface area contributed by atoms with Crippen molar-refractivity contribution in [2.75, 3.05) is 6.61 Å². The highest BCUT2D eigenvalue weighted by Gasteiger charge is 2.28. The molecule has 2 nitrogen and oxygen atoms in total. The third-order valence-corrected chi connectivity index (χ3v) is 3.26. The Morgan fingerprint density at radius 3 is 2.57 bits per heavy atom. The van der Waals surface area contributed by atoms with E-state index in [0.717, 1.165) is 12.8 Å². The van der Waals surface area contributed by atoms with E-state index in [-0.39, 0.29) is 5.97 Å². The number of allylic oxidation sites excluding steroid dienone is 1. The van der Waals surface area contributed by atoms with Gasteiger partial charge in [-0.25, -0.2) is 0 Å². The summed E-state index contributed by atoms with van der Waals surface area (Å²) in [5.74, 6) is 0.397. The largest absolute Gasteiger partial charge is 0.466 e. The number of carbonyl (C=O) groups is 1. The van der Waals surface area contributed by atoms with Crippen LogP contribution >= 0.6 is 0 Å². The Kier molecular flexibility index (Phi) is 3.73. The zero-order valence-electron chi connectivity index (χ0n) is 9.21. The summed E-state index contributed by atoms with van der Waals surface area (Å²) in [6.45, 7) is 8.19. The molecule has 2 heteroatoms. The van der Waals surface area contributed by atoms with Crippen LogP contribution in [0, 0.1) is 11.3 Å². The molecule has 0 spiro atoms. The van der Waals surface area contributed by atoms with Gasteiger partial charge in [0, 0.05) is 6.92 Å². The van der Waals surface area contributed by atoms with Crippen LogP contribution in [0.3, 0.4) is 0 Å². The van der Waals surface area contributed by atoms with Gasteiger partial charge < -0.3 is 4.74 Å². The molecule has 1 aliphatic rings. The van der Waals surface area contributed by atoms with Crippen molar-refractivity contribution in [3.05, 3.63) is 12.7 Å². The smallest absolute Gasteiger partial charge is 0.302 e. The van der Waals surface area contributed by atoms with Gasteiger partial charge in [0.15, 0.2) is 0 Å². The Morgan fingerprint density at radius 2 is 2.14 bits per heavy atom. The van der Waals surface area contributed by atoms with Crippen LogP contribution in [-0.4, -0.2) is 12.6 Å². The first kappa shape index (κ1) is 11.3. The van der Waals surface area contributed by atoms with E-state index in [2.05, 4.69) is 19.6 Å². The summed E-state index contributed by atoms with van der Waals surface area (Å²) in [6.07, 6.45) is 6.70. The summed E-state index contributed by atoms with van der Waals surface area (Å²) in [5, 5.41) is 0. The highest BCUT2D eigenvalue weighted by molar-refractivity contribution is 5.65. The fourth-order valence-corrected chi connectivity index (χ4v) is 1.94. The third kappa shape index (κ3) is 3.17. The van der Waals surface area contributed by atoms with E-state index in [1.165, 1.54) is 19.8 Å². The van der Waals surface area contributed by atoms with Gasteiger partial charge in [-0.05, 0) is 37.0 Å². The maximum absolute atomic E-state index is 10.6. The number of carbonyl (C=O) groups excluding carboxylic acids is 1. The lowest BCUT2D eigenvalue weighted by molar-refractivity contribution is -0.142. The van der Waals surface area contributed by atoms with E-state index in [1.54, 1.807) is 0 Å². The molecule has 1 saturated carbocycles. The topological polar surface area (TPSA) is 26.3 Å². The first-order valence-corrected chi connectivity index (χ1v) is 5.33. The number of rotatable bonds is 3. The quantitative estimate of drug-likeness (QED) is 0.512. The highest BCUT2D eigenvalue weighted by Crippen LogP contribution is 2.39. The monoisotopic (exact) mass is 196 g/mol. The van der Waals surface area contributed by atoms with Gasteiger partial charge >= 0.3 is 5.97 Å². The molecule has 0 aliphatic heterocycles. The predicted octanol–water partition coefficient (Wildman–Crippen LogP) is 2.93. The molecule has 0 aromatic rings. The Morgan fingerprint density at radius 1 is 1.57 bits per heavy atom. The van der Waals surface area contributed by atoms with Crippen molar-refractivity contribution in [3.8, 4) is 0 Å². The second kappa shape index (κ2) is 4.63. The molecule has 0 bridgehead atoms. The molecule has 1 rings (SSSR count). The third-order valence-electron chi connectivity index (χ3n) is 3.26. The Labute approximate surface area is 86.3 Å². The second-order valence-electron chi connectivity index (χ2n) is 4.60. The normalized spacial score (nSPS) is 32.3. The molecule has 0 amide bonds. The Balaban J connectivity index is 2.29.